The SMILES string of the molecule is CC(=O)OC[C@H](C[C@H]1CC=CC[C@@H]1CCl)NN1C(=O)OC[C@H]1Cc1ccccc1. The van der Waals surface area contributed by atoms with Crippen molar-refractivity contribution >= 4 is 23.7 Å². The molecule has 0 unspecified atom stereocenters. The molecule has 1 heterocycles. The van der Waals surface area contributed by atoms with E-state index in [0.717, 1.165) is 24.8 Å². The van der Waals surface area contributed by atoms with Crippen LogP contribution in [0.3, 0.4) is 0 Å². The Morgan fingerprint density at radius 1 is 1.28 bits per heavy atom. The van der Waals surface area contributed by atoms with Gasteiger partial charge in [0.1, 0.15) is 13.2 Å². The maximum Gasteiger partial charge on any atom is 0.424 e. The summed E-state index contributed by atoms with van der Waals surface area (Å²) in [6, 6.07) is 9.71. The molecule has 2 aliphatic rings. The Morgan fingerprint density at radius 2 is 2.00 bits per heavy atom. The lowest BCUT2D eigenvalue weighted by Crippen LogP contribution is -2.52. The van der Waals surface area contributed by atoms with Crippen LogP contribution in [0.15, 0.2) is 42.5 Å². The zero-order valence-corrected chi connectivity index (χ0v) is 17.5. The van der Waals surface area contributed by atoms with Crippen molar-refractivity contribution in [2.45, 2.75) is 44.7 Å². The minimum absolute atomic E-state index is 0.111. The van der Waals surface area contributed by atoms with E-state index in [-0.39, 0.29) is 24.7 Å². The van der Waals surface area contributed by atoms with Crippen LogP contribution in [0.25, 0.3) is 0 Å². The smallest absolute Gasteiger partial charge is 0.424 e. The van der Waals surface area contributed by atoms with E-state index in [4.69, 9.17) is 21.1 Å². The number of esters is 1. The van der Waals surface area contributed by atoms with Gasteiger partial charge in [0, 0.05) is 12.8 Å². The number of hydrogen-bond donors (Lipinski definition) is 1. The fourth-order valence-corrected chi connectivity index (χ4v) is 4.38. The van der Waals surface area contributed by atoms with Gasteiger partial charge in [0.2, 0.25) is 0 Å². The third-order valence-electron chi connectivity index (χ3n) is 5.58. The maximum atomic E-state index is 12.4. The first kappa shape index (κ1) is 21.7. The molecule has 1 saturated heterocycles. The van der Waals surface area contributed by atoms with E-state index in [9.17, 15) is 9.59 Å². The summed E-state index contributed by atoms with van der Waals surface area (Å²) < 4.78 is 10.6. The summed E-state index contributed by atoms with van der Waals surface area (Å²) in [5.74, 6) is 1.02. The topological polar surface area (TPSA) is 67.9 Å². The van der Waals surface area contributed by atoms with Gasteiger partial charge in [0.05, 0.1) is 12.1 Å². The van der Waals surface area contributed by atoms with Crippen molar-refractivity contribution < 1.29 is 19.1 Å². The second-order valence-electron chi connectivity index (χ2n) is 7.77. The molecular weight excluding hydrogens is 392 g/mol. The Morgan fingerprint density at radius 3 is 2.69 bits per heavy atom. The van der Waals surface area contributed by atoms with E-state index >= 15 is 0 Å². The third kappa shape index (κ3) is 6.21. The second kappa shape index (κ2) is 10.6. The van der Waals surface area contributed by atoms with Crippen molar-refractivity contribution in [2.75, 3.05) is 19.1 Å². The van der Waals surface area contributed by atoms with Gasteiger partial charge in [-0.1, -0.05) is 42.5 Å². The molecule has 1 aliphatic carbocycles. The number of nitrogens with zero attached hydrogens (tertiary/aromatic N) is 1. The second-order valence-corrected chi connectivity index (χ2v) is 8.08. The minimum atomic E-state index is -0.392. The Labute approximate surface area is 177 Å². The summed E-state index contributed by atoms with van der Waals surface area (Å²) in [7, 11) is 0. The highest BCUT2D eigenvalue weighted by Gasteiger charge is 2.36. The number of halogens is 1. The first-order valence-electron chi connectivity index (χ1n) is 10.2. The van der Waals surface area contributed by atoms with Crippen molar-refractivity contribution in [2.24, 2.45) is 11.8 Å². The number of rotatable bonds is 9. The Bertz CT molecular complexity index is 712. The molecule has 4 atom stereocenters. The van der Waals surface area contributed by atoms with E-state index in [1.807, 2.05) is 30.3 Å². The number of hydrazine groups is 1. The van der Waals surface area contributed by atoms with Gasteiger partial charge >= 0.3 is 12.1 Å². The average Bonchev–Trinajstić information content (AvgIpc) is 3.06. The van der Waals surface area contributed by atoms with Crippen molar-refractivity contribution in [3.8, 4) is 0 Å². The number of hydrogen-bond acceptors (Lipinski definition) is 5. The van der Waals surface area contributed by atoms with Gasteiger partial charge < -0.3 is 9.47 Å². The van der Waals surface area contributed by atoms with E-state index < -0.39 is 6.09 Å². The first-order chi connectivity index (χ1) is 14.1. The molecule has 158 valence electrons. The van der Waals surface area contributed by atoms with Gasteiger partial charge in [-0.05, 0) is 43.1 Å². The van der Waals surface area contributed by atoms with Gasteiger partial charge in [-0.15, -0.1) is 11.6 Å². The quantitative estimate of drug-likeness (QED) is 0.375. The zero-order chi connectivity index (χ0) is 20.6. The van der Waals surface area contributed by atoms with Crippen molar-refractivity contribution in [1.29, 1.82) is 0 Å². The van der Waals surface area contributed by atoms with Crippen LogP contribution in [0.2, 0.25) is 0 Å². The van der Waals surface area contributed by atoms with Crippen LogP contribution in [0.1, 0.15) is 31.7 Å². The lowest BCUT2D eigenvalue weighted by molar-refractivity contribution is -0.142. The molecule has 0 aromatic heterocycles. The van der Waals surface area contributed by atoms with E-state index in [1.54, 1.807) is 5.01 Å². The van der Waals surface area contributed by atoms with Crippen molar-refractivity contribution in [3.05, 3.63) is 48.0 Å². The number of carbonyl (C=O) groups excluding carboxylic acids is 2. The molecule has 1 aliphatic heterocycles. The highest BCUT2D eigenvalue weighted by Crippen LogP contribution is 2.30. The minimum Gasteiger partial charge on any atom is -0.464 e. The zero-order valence-electron chi connectivity index (χ0n) is 16.8. The molecule has 0 radical (unpaired) electrons. The van der Waals surface area contributed by atoms with Crippen LogP contribution in [0, 0.1) is 11.8 Å². The van der Waals surface area contributed by atoms with Gasteiger partial charge in [0.15, 0.2) is 0 Å². The standard InChI is InChI=1S/C22H29ClN2O4/c1-16(26)28-14-20(12-18-9-5-6-10-19(18)13-23)24-25-21(15-29-22(25)27)11-17-7-3-2-4-8-17/h2-8,18-21,24H,9-15H2,1H3/t18-,19-,20+,21-/m1/s1. The molecule has 6 nitrogen and oxygen atoms in total. The number of carbonyl (C=O) groups is 2. The van der Waals surface area contributed by atoms with Crippen LogP contribution in [-0.4, -0.2) is 48.2 Å². The number of nitrogens with one attached hydrogen (secondary N) is 1. The summed E-state index contributed by atoms with van der Waals surface area (Å²) >= 11 is 6.17. The Kier molecular flexibility index (Phi) is 7.95. The molecule has 7 heteroatoms. The highest BCUT2D eigenvalue weighted by atomic mass is 35.5. The number of cyclic esters (lactones) is 1. The molecule has 29 heavy (non-hydrogen) atoms. The van der Waals surface area contributed by atoms with E-state index in [1.165, 1.54) is 6.92 Å². The number of amides is 1. The molecule has 1 N–H and O–H groups in total. The van der Waals surface area contributed by atoms with E-state index in [0.29, 0.717) is 30.7 Å². The number of alkyl halides is 1. The number of allylic oxidation sites excluding steroid dienone is 2. The first-order valence-corrected chi connectivity index (χ1v) is 10.7. The van der Waals surface area contributed by atoms with Crippen LogP contribution in [0.4, 0.5) is 4.79 Å². The fraction of sp³-hybridized carbons (Fsp3) is 0.545. The molecule has 0 saturated carbocycles. The Hall–Kier alpha value is -2.05. The summed E-state index contributed by atoms with van der Waals surface area (Å²) in [5.41, 5.74) is 4.44. The highest BCUT2D eigenvalue weighted by molar-refractivity contribution is 6.18. The van der Waals surface area contributed by atoms with Crippen LogP contribution >= 0.6 is 11.6 Å². The van der Waals surface area contributed by atoms with Gasteiger partial charge in [-0.2, -0.15) is 0 Å². The lowest BCUT2D eigenvalue weighted by atomic mass is 9.80. The van der Waals surface area contributed by atoms with Crippen LogP contribution in [-0.2, 0) is 20.7 Å². The normalized spacial score (nSPS) is 25.0. The van der Waals surface area contributed by atoms with Crippen molar-refractivity contribution in [1.82, 2.24) is 10.4 Å². The number of ether oxygens (including phenoxy) is 2. The molecule has 3 rings (SSSR count). The summed E-state index contributed by atoms with van der Waals surface area (Å²) in [4.78, 5) is 23.7. The van der Waals surface area contributed by atoms with Crippen LogP contribution < -0.4 is 5.43 Å². The molecule has 1 amide bonds. The summed E-state index contributed by atoms with van der Waals surface area (Å²) in [6.45, 7) is 1.92. The van der Waals surface area contributed by atoms with Crippen molar-refractivity contribution in [3.63, 3.8) is 0 Å². The van der Waals surface area contributed by atoms with Crippen LogP contribution in [0.5, 0.6) is 0 Å². The monoisotopic (exact) mass is 420 g/mol. The Balaban J connectivity index is 1.68. The molecule has 0 spiro atoms. The fourth-order valence-electron chi connectivity index (χ4n) is 4.00. The molecule has 1 aromatic rings. The predicted octanol–water partition coefficient (Wildman–Crippen LogP) is 3.70. The maximum absolute atomic E-state index is 12.4. The van der Waals surface area contributed by atoms with Gasteiger partial charge in [0.25, 0.3) is 0 Å². The lowest BCUT2D eigenvalue weighted by Gasteiger charge is -2.33. The average molecular weight is 421 g/mol. The summed E-state index contributed by atoms with van der Waals surface area (Å²) in [6.07, 6.45) is 7.30. The van der Waals surface area contributed by atoms with Gasteiger partial charge in [-0.3, -0.25) is 4.79 Å². The predicted molar refractivity (Wildman–Crippen MR) is 111 cm³/mol. The molecule has 1 fully saturated rings. The third-order valence-corrected chi connectivity index (χ3v) is 5.98. The molecule has 1 aromatic carbocycles. The van der Waals surface area contributed by atoms with Gasteiger partial charge in [-0.25, -0.2) is 15.2 Å². The molecule has 0 bridgehead atoms. The number of benzene rings is 1. The molecular formula is C22H29ClN2O4. The van der Waals surface area contributed by atoms with E-state index in [2.05, 4.69) is 17.6 Å². The largest absolute Gasteiger partial charge is 0.464 e. The summed E-state index contributed by atoms with van der Waals surface area (Å²) in [5, 5.41) is 1.57.